The van der Waals surface area contributed by atoms with Crippen LogP contribution in [0.2, 0.25) is 0 Å². The Morgan fingerprint density at radius 2 is 1.28 bits per heavy atom. The quantitative estimate of drug-likeness (QED) is 0.320. The molecule has 5 heteroatoms. The monoisotopic (exact) mass is 504 g/mol. The van der Waals surface area contributed by atoms with Crippen molar-refractivity contribution in [1.29, 1.82) is 5.26 Å². The second-order valence-electron chi connectivity index (χ2n) is 5.99. The van der Waals surface area contributed by atoms with E-state index in [2.05, 4.69) is 36.7 Å². The fourth-order valence-electron chi connectivity index (χ4n) is 2.50. The van der Waals surface area contributed by atoms with E-state index in [4.69, 9.17) is 11.3 Å². The van der Waals surface area contributed by atoms with Crippen molar-refractivity contribution >= 4 is 44.0 Å². The lowest BCUT2D eigenvalue weighted by Crippen LogP contribution is -1.98. The number of nitriles is 1. The van der Waals surface area contributed by atoms with Crippen molar-refractivity contribution in [2.75, 3.05) is 0 Å². The predicted molar refractivity (Wildman–Crippen MR) is 123 cm³/mol. The molecule has 0 aliphatic carbocycles. The lowest BCUT2D eigenvalue weighted by atomic mass is 10.1. The molecule has 0 radical (unpaired) electrons. The number of benzene rings is 2. The fraction of sp³-hybridized carbons (Fsp3) is 0. The van der Waals surface area contributed by atoms with Crippen LogP contribution in [0.1, 0.15) is 11.1 Å². The summed E-state index contributed by atoms with van der Waals surface area (Å²) < 4.78 is 7.94. The second-order valence-corrected chi connectivity index (χ2v) is 7.82. The van der Waals surface area contributed by atoms with E-state index in [0.29, 0.717) is 17.1 Å². The number of allylic oxidation sites excluding steroid dienone is 6. The lowest BCUT2D eigenvalue weighted by Gasteiger charge is -2.14. The summed E-state index contributed by atoms with van der Waals surface area (Å²) in [6.45, 7) is 7.24. The molecule has 29 heavy (non-hydrogen) atoms. The van der Waals surface area contributed by atoms with E-state index in [-0.39, 0.29) is 5.70 Å². The molecule has 0 saturated carbocycles. The molecule has 1 aliphatic heterocycles. The molecule has 3 rings (SSSR count). The molecule has 0 unspecified atom stereocenters. The molecule has 0 bridgehead atoms. The van der Waals surface area contributed by atoms with Gasteiger partial charge >= 0.3 is 0 Å². The van der Waals surface area contributed by atoms with Gasteiger partial charge in [-0.1, -0.05) is 68.3 Å². The standard InChI is InChI=1S/C24H14Br2N2O/c1-28-24(16-27)19-14-22(12-6-17-2-8-20(25)9-3-17)29-23(15-19)13-7-18-4-10-21(26)11-5-18/h2-15H/b12-6+,13-7+. The Hall–Kier alpha value is -3.12. The maximum Gasteiger partial charge on any atom is 0.269 e. The minimum atomic E-state index is 0.0254. The minimum Gasteiger partial charge on any atom is -0.457 e. The highest BCUT2D eigenvalue weighted by molar-refractivity contribution is 9.10. The van der Waals surface area contributed by atoms with Crippen LogP contribution in [0.25, 0.3) is 17.0 Å². The molecule has 0 aromatic heterocycles. The average molecular weight is 506 g/mol. The summed E-state index contributed by atoms with van der Waals surface area (Å²) in [7, 11) is 0. The van der Waals surface area contributed by atoms with Crippen LogP contribution in [0.15, 0.2) is 105 Å². The van der Waals surface area contributed by atoms with Gasteiger partial charge in [0, 0.05) is 8.95 Å². The molecule has 3 nitrogen and oxygen atoms in total. The van der Waals surface area contributed by atoms with Crippen LogP contribution in [0.4, 0.5) is 0 Å². The van der Waals surface area contributed by atoms with Gasteiger partial charge in [0.1, 0.15) is 11.5 Å². The van der Waals surface area contributed by atoms with Crippen molar-refractivity contribution in [3.8, 4) is 6.07 Å². The Kier molecular flexibility index (Phi) is 7.03. The number of rotatable bonds is 4. The summed E-state index contributed by atoms with van der Waals surface area (Å²) in [6.07, 6.45) is 10.9. The van der Waals surface area contributed by atoms with Crippen LogP contribution in [0.3, 0.4) is 0 Å². The van der Waals surface area contributed by atoms with Crippen LogP contribution in [-0.2, 0) is 4.74 Å². The van der Waals surface area contributed by atoms with Gasteiger partial charge in [-0.05, 0) is 65.3 Å². The summed E-state index contributed by atoms with van der Waals surface area (Å²) in [5.41, 5.74) is 2.57. The van der Waals surface area contributed by atoms with Gasteiger partial charge < -0.3 is 4.74 Å². The van der Waals surface area contributed by atoms with Crippen LogP contribution < -0.4 is 0 Å². The maximum atomic E-state index is 9.25. The van der Waals surface area contributed by atoms with E-state index in [0.717, 1.165) is 20.1 Å². The number of halogens is 2. The number of hydrogen-bond acceptors (Lipinski definition) is 2. The van der Waals surface area contributed by atoms with E-state index in [1.54, 1.807) is 12.2 Å². The fourth-order valence-corrected chi connectivity index (χ4v) is 3.03. The Morgan fingerprint density at radius 1 is 0.828 bits per heavy atom. The van der Waals surface area contributed by atoms with Crippen LogP contribution >= 0.6 is 31.9 Å². The van der Waals surface area contributed by atoms with Gasteiger partial charge in [-0.3, -0.25) is 0 Å². The van der Waals surface area contributed by atoms with Crippen molar-refractivity contribution in [1.82, 2.24) is 0 Å². The highest BCUT2D eigenvalue weighted by Gasteiger charge is 2.11. The largest absolute Gasteiger partial charge is 0.457 e. The third-order valence-electron chi connectivity index (χ3n) is 3.94. The van der Waals surface area contributed by atoms with E-state index >= 15 is 0 Å². The molecule has 0 saturated heterocycles. The lowest BCUT2D eigenvalue weighted by molar-refractivity contribution is 0.332. The zero-order valence-electron chi connectivity index (χ0n) is 15.1. The van der Waals surface area contributed by atoms with Gasteiger partial charge in [0.15, 0.2) is 0 Å². The first-order valence-corrected chi connectivity index (χ1v) is 10.2. The van der Waals surface area contributed by atoms with Gasteiger partial charge in [-0.2, -0.15) is 0 Å². The maximum absolute atomic E-state index is 9.25. The first-order valence-electron chi connectivity index (χ1n) is 8.58. The summed E-state index contributed by atoms with van der Waals surface area (Å²) >= 11 is 6.84. The van der Waals surface area contributed by atoms with Gasteiger partial charge in [0.05, 0.1) is 12.6 Å². The molecule has 1 heterocycles. The predicted octanol–water partition coefficient (Wildman–Crippen LogP) is 7.43. The van der Waals surface area contributed by atoms with Gasteiger partial charge in [0.2, 0.25) is 0 Å². The first-order chi connectivity index (χ1) is 14.1. The summed E-state index contributed by atoms with van der Waals surface area (Å²) in [6, 6.07) is 17.7. The highest BCUT2D eigenvalue weighted by atomic mass is 79.9. The van der Waals surface area contributed by atoms with Crippen LogP contribution in [-0.4, -0.2) is 0 Å². The molecule has 0 N–H and O–H groups in total. The Balaban J connectivity index is 1.89. The zero-order chi connectivity index (χ0) is 20.6. The molecule has 0 fully saturated rings. The second kappa shape index (κ2) is 9.89. The van der Waals surface area contributed by atoms with Gasteiger partial charge in [-0.15, -0.1) is 0 Å². The van der Waals surface area contributed by atoms with Crippen molar-refractivity contribution in [2.45, 2.75) is 0 Å². The molecule has 140 valence electrons. The zero-order valence-corrected chi connectivity index (χ0v) is 18.3. The summed E-state index contributed by atoms with van der Waals surface area (Å²) in [5.74, 6) is 1.11. The van der Waals surface area contributed by atoms with Gasteiger partial charge in [0.25, 0.3) is 5.70 Å². The van der Waals surface area contributed by atoms with Crippen molar-refractivity contribution in [3.63, 3.8) is 0 Å². The minimum absolute atomic E-state index is 0.0254. The summed E-state index contributed by atoms with van der Waals surface area (Å²) in [4.78, 5) is 3.32. The Labute approximate surface area is 186 Å². The third-order valence-corrected chi connectivity index (χ3v) is 5.00. The molecule has 2 aromatic carbocycles. The highest BCUT2D eigenvalue weighted by Crippen LogP contribution is 2.25. The first kappa shape index (κ1) is 20.6. The molecule has 0 amide bonds. The SMILES string of the molecule is [C-]#[N+]C(C#N)=C1C=C(/C=C/c2ccc(Br)cc2)OC(/C=C/c2ccc(Br)cc2)=C1. The molecule has 2 aromatic rings. The summed E-state index contributed by atoms with van der Waals surface area (Å²) in [5, 5.41) is 9.25. The van der Waals surface area contributed by atoms with E-state index in [1.165, 1.54) is 0 Å². The average Bonchev–Trinajstić information content (AvgIpc) is 2.74. The van der Waals surface area contributed by atoms with Crippen LogP contribution in [0, 0.1) is 17.9 Å². The van der Waals surface area contributed by atoms with Crippen molar-refractivity contribution in [3.05, 3.63) is 127 Å². The number of nitrogens with zero attached hydrogens (tertiary/aromatic N) is 2. The van der Waals surface area contributed by atoms with E-state index in [1.807, 2.05) is 78.9 Å². The number of hydrogen-bond donors (Lipinski definition) is 0. The molecule has 0 atom stereocenters. The molecule has 0 spiro atoms. The molecular weight excluding hydrogens is 492 g/mol. The van der Waals surface area contributed by atoms with Crippen LogP contribution in [0.5, 0.6) is 0 Å². The molecule has 1 aliphatic rings. The van der Waals surface area contributed by atoms with E-state index in [9.17, 15) is 5.26 Å². The normalized spacial score (nSPS) is 13.4. The number of ether oxygens (including phenoxy) is 1. The topological polar surface area (TPSA) is 37.4 Å². The third kappa shape index (κ3) is 5.93. The van der Waals surface area contributed by atoms with Crippen molar-refractivity contribution < 1.29 is 4.74 Å². The van der Waals surface area contributed by atoms with Gasteiger partial charge in [-0.25, -0.2) is 10.1 Å². The Bertz CT molecular complexity index is 1050. The van der Waals surface area contributed by atoms with E-state index < -0.39 is 0 Å². The molecular formula is C24H14Br2N2O. The van der Waals surface area contributed by atoms with Crippen molar-refractivity contribution in [2.24, 2.45) is 0 Å². The Morgan fingerprint density at radius 3 is 1.66 bits per heavy atom. The smallest absolute Gasteiger partial charge is 0.269 e.